The Bertz CT molecular complexity index is 1710. The molecule has 1 saturated heterocycles. The summed E-state index contributed by atoms with van der Waals surface area (Å²) in [6.45, 7) is 3.75. The fraction of sp³-hybridized carbons (Fsp3) is 0.750. The minimum absolute atomic E-state index is 0.147. The van der Waals surface area contributed by atoms with Crippen molar-refractivity contribution in [3.63, 3.8) is 0 Å². The molecule has 7 unspecified atom stereocenters. The molecule has 85 heavy (non-hydrogen) atoms. The topological polar surface area (TPSA) is 149 Å². The van der Waals surface area contributed by atoms with Crippen molar-refractivity contribution in [1.82, 2.24) is 5.32 Å². The Labute approximate surface area is 523 Å². The molecule has 1 aliphatic rings. The average Bonchev–Trinajstić information content (AvgIpc) is 3.71. The zero-order chi connectivity index (χ0) is 61.4. The number of ether oxygens (including phenoxy) is 2. The molecule has 0 spiro atoms. The van der Waals surface area contributed by atoms with Crippen LogP contribution in [0.1, 0.15) is 309 Å². The van der Waals surface area contributed by atoms with Crippen molar-refractivity contribution >= 4 is 5.91 Å². The van der Waals surface area contributed by atoms with Gasteiger partial charge in [0.2, 0.25) is 5.91 Å². The molecule has 7 atom stereocenters. The van der Waals surface area contributed by atoms with Crippen molar-refractivity contribution in [3.05, 3.63) is 109 Å². The van der Waals surface area contributed by atoms with Crippen LogP contribution in [0.4, 0.5) is 0 Å². The molecule has 0 aromatic carbocycles. The summed E-state index contributed by atoms with van der Waals surface area (Å²) in [4.78, 5) is 13.2. The lowest BCUT2D eigenvalue weighted by Crippen LogP contribution is -2.60. The van der Waals surface area contributed by atoms with Gasteiger partial charge in [0.1, 0.15) is 24.4 Å². The van der Waals surface area contributed by atoms with E-state index in [4.69, 9.17) is 9.47 Å². The Morgan fingerprint density at radius 3 is 1.08 bits per heavy atom. The van der Waals surface area contributed by atoms with Gasteiger partial charge in [-0.25, -0.2) is 0 Å². The average molecular weight is 1190 g/mol. The second-order valence-electron chi connectivity index (χ2n) is 24.3. The van der Waals surface area contributed by atoms with Crippen LogP contribution in [0.5, 0.6) is 0 Å². The van der Waals surface area contributed by atoms with E-state index >= 15 is 0 Å². The predicted octanol–water partition coefficient (Wildman–Crippen LogP) is 19.6. The minimum Gasteiger partial charge on any atom is -0.394 e. The van der Waals surface area contributed by atoms with Crippen LogP contribution < -0.4 is 5.32 Å². The normalized spacial score (nSPS) is 18.8. The van der Waals surface area contributed by atoms with E-state index in [0.29, 0.717) is 12.8 Å². The van der Waals surface area contributed by atoms with Gasteiger partial charge in [-0.1, -0.05) is 329 Å². The zero-order valence-corrected chi connectivity index (χ0v) is 54.8. The van der Waals surface area contributed by atoms with Gasteiger partial charge in [-0.05, 0) is 83.5 Å². The lowest BCUT2D eigenvalue weighted by Gasteiger charge is -2.40. The van der Waals surface area contributed by atoms with Crippen LogP contribution in [0.3, 0.4) is 0 Å². The highest BCUT2D eigenvalue weighted by Crippen LogP contribution is 2.23. The molecule has 0 bridgehead atoms. The molecule has 9 heteroatoms. The van der Waals surface area contributed by atoms with Crippen LogP contribution in [-0.2, 0) is 14.3 Å². The molecule has 1 aliphatic heterocycles. The van der Waals surface area contributed by atoms with Gasteiger partial charge >= 0.3 is 0 Å². The number of unbranched alkanes of at least 4 members (excludes halogenated alkanes) is 33. The number of hydrogen-bond donors (Lipinski definition) is 6. The number of carbonyl (C=O) groups excluding carboxylic acids is 1. The third-order valence-corrected chi connectivity index (χ3v) is 16.4. The molecule has 0 radical (unpaired) electrons. The third kappa shape index (κ3) is 52.5. The van der Waals surface area contributed by atoms with Gasteiger partial charge in [-0.15, -0.1) is 0 Å². The van der Waals surface area contributed by atoms with Gasteiger partial charge in [0, 0.05) is 6.42 Å². The van der Waals surface area contributed by atoms with Gasteiger partial charge in [-0.2, -0.15) is 0 Å². The van der Waals surface area contributed by atoms with Gasteiger partial charge in [0.25, 0.3) is 0 Å². The number of hydrogen-bond acceptors (Lipinski definition) is 8. The molecule has 9 nitrogen and oxygen atoms in total. The number of nitrogens with one attached hydrogen (secondary N) is 1. The van der Waals surface area contributed by atoms with Crippen LogP contribution in [0.2, 0.25) is 0 Å². The number of aliphatic hydroxyl groups excluding tert-OH is 5. The highest BCUT2D eigenvalue weighted by atomic mass is 16.7. The standard InChI is InChI=1S/C76H133NO8/c1-3-5-7-9-11-13-15-17-19-21-23-25-27-29-31-32-33-34-35-36-37-38-40-42-44-46-48-50-52-54-56-58-60-62-64-66-72(80)77-69(68-84-76-75(83)74(82)73(81)71(67-78)85-76)70(79)65-63-61-59-57-55-53-51-49-47-45-43-41-39-30-28-26-24-22-20-18-16-14-12-10-8-6-4-2/h5,7,11,13,17,19,23,25,29,31,33-34,36-37,40,42,46,48,69-71,73-76,78-79,81-83H,3-4,6,8-10,12,14-16,18,20-22,24,26-28,30,32,35,38-39,41,43-45,47,49-68H2,1-2H3,(H,77,80)/b7-5-,13-11-,19-17-,25-23-,31-29-,34-33-,37-36-,42-40-,48-46-. The molecule has 1 rings (SSSR count). The largest absolute Gasteiger partial charge is 0.394 e. The van der Waals surface area contributed by atoms with Gasteiger partial charge in [-0.3, -0.25) is 4.79 Å². The van der Waals surface area contributed by atoms with E-state index in [1.165, 1.54) is 173 Å². The van der Waals surface area contributed by atoms with E-state index in [1.807, 2.05) is 0 Å². The first-order chi connectivity index (χ1) is 41.8. The first-order valence-electron chi connectivity index (χ1n) is 35.6. The highest BCUT2D eigenvalue weighted by molar-refractivity contribution is 5.76. The van der Waals surface area contributed by atoms with Gasteiger partial charge < -0.3 is 40.3 Å². The van der Waals surface area contributed by atoms with E-state index in [9.17, 15) is 30.3 Å². The van der Waals surface area contributed by atoms with Crippen molar-refractivity contribution in [2.24, 2.45) is 0 Å². The maximum atomic E-state index is 13.2. The van der Waals surface area contributed by atoms with E-state index in [1.54, 1.807) is 0 Å². The molecule has 0 saturated carbocycles. The van der Waals surface area contributed by atoms with Crippen molar-refractivity contribution in [2.45, 2.75) is 352 Å². The minimum atomic E-state index is -1.56. The number of aliphatic hydroxyl groups is 5. The maximum absolute atomic E-state index is 13.2. The van der Waals surface area contributed by atoms with Crippen LogP contribution in [-0.4, -0.2) is 87.5 Å². The fourth-order valence-corrected chi connectivity index (χ4v) is 10.9. The number of allylic oxidation sites excluding steroid dienone is 18. The zero-order valence-electron chi connectivity index (χ0n) is 54.8. The second-order valence-corrected chi connectivity index (χ2v) is 24.3. The fourth-order valence-electron chi connectivity index (χ4n) is 10.9. The Kier molecular flexibility index (Phi) is 60.0. The van der Waals surface area contributed by atoms with Crippen molar-refractivity contribution < 1.29 is 39.8 Å². The summed E-state index contributed by atoms with van der Waals surface area (Å²) in [6, 6.07) is -0.735. The van der Waals surface area contributed by atoms with Gasteiger partial charge in [0.05, 0.1) is 25.4 Å². The molecule has 1 heterocycles. The van der Waals surface area contributed by atoms with E-state index in [0.717, 1.165) is 109 Å². The SMILES string of the molecule is CC/C=C\C/C=C\C/C=C\C/C=C\C/C=C\C/C=C\C/C=C\C/C=C\C/C=C\CCCCCCCCCC(=O)NC(COC1OC(CO)C(O)C(O)C1O)C(O)CCCCCCCCCCCCCCCCCCCCCCCCCCCCC. The van der Waals surface area contributed by atoms with Crippen molar-refractivity contribution in [2.75, 3.05) is 13.2 Å². The molecule has 490 valence electrons. The summed E-state index contributed by atoms with van der Waals surface area (Å²) in [5.41, 5.74) is 0. The summed E-state index contributed by atoms with van der Waals surface area (Å²) in [7, 11) is 0. The molecule has 0 aliphatic carbocycles. The summed E-state index contributed by atoms with van der Waals surface area (Å²) >= 11 is 0. The molecule has 6 N–H and O–H groups in total. The molecular weight excluding hydrogens is 1050 g/mol. The molecular formula is C76H133NO8. The Morgan fingerprint density at radius 1 is 0.412 bits per heavy atom. The lowest BCUT2D eigenvalue weighted by molar-refractivity contribution is -0.302. The van der Waals surface area contributed by atoms with E-state index < -0.39 is 49.5 Å². The smallest absolute Gasteiger partial charge is 0.220 e. The summed E-state index contributed by atoms with van der Waals surface area (Å²) in [5.74, 6) is -0.156. The number of rotatable bonds is 61. The van der Waals surface area contributed by atoms with Crippen LogP contribution >= 0.6 is 0 Å². The first-order valence-corrected chi connectivity index (χ1v) is 35.6. The Balaban J connectivity index is 2.15. The van der Waals surface area contributed by atoms with E-state index in [-0.39, 0.29) is 12.5 Å². The predicted molar refractivity (Wildman–Crippen MR) is 364 cm³/mol. The Morgan fingerprint density at radius 2 is 0.729 bits per heavy atom. The van der Waals surface area contributed by atoms with Crippen molar-refractivity contribution in [3.8, 4) is 0 Å². The van der Waals surface area contributed by atoms with Crippen LogP contribution in [0, 0.1) is 0 Å². The number of carbonyl (C=O) groups is 1. The summed E-state index contributed by atoms with van der Waals surface area (Å²) < 4.78 is 11.4. The molecule has 0 aromatic heterocycles. The summed E-state index contributed by atoms with van der Waals surface area (Å²) in [5, 5.41) is 55.0. The Hall–Kier alpha value is -3.15. The number of amides is 1. The maximum Gasteiger partial charge on any atom is 0.220 e. The third-order valence-electron chi connectivity index (χ3n) is 16.4. The molecule has 0 aromatic rings. The monoisotopic (exact) mass is 1190 g/mol. The molecule has 1 amide bonds. The molecule has 1 fully saturated rings. The van der Waals surface area contributed by atoms with Crippen molar-refractivity contribution in [1.29, 1.82) is 0 Å². The first kappa shape index (κ1) is 79.9. The quantitative estimate of drug-likeness (QED) is 0.0261. The second kappa shape index (κ2) is 63.9. The van der Waals surface area contributed by atoms with Crippen LogP contribution in [0.15, 0.2) is 109 Å². The lowest BCUT2D eigenvalue weighted by atomic mass is 9.99. The van der Waals surface area contributed by atoms with E-state index in [2.05, 4.69) is 129 Å². The summed E-state index contributed by atoms with van der Waals surface area (Å²) in [6.07, 6.45) is 87.2. The van der Waals surface area contributed by atoms with Gasteiger partial charge in [0.15, 0.2) is 6.29 Å². The highest BCUT2D eigenvalue weighted by Gasteiger charge is 2.44. The van der Waals surface area contributed by atoms with Crippen LogP contribution in [0.25, 0.3) is 0 Å².